The second-order valence-corrected chi connectivity index (χ2v) is 5.37. The van der Waals surface area contributed by atoms with Gasteiger partial charge in [0.25, 0.3) is 0 Å². The molecular formula is C8H12N4O2S2. The molecule has 0 radical (unpaired) electrons. The molecular weight excluding hydrogens is 248 g/mol. The zero-order valence-corrected chi connectivity index (χ0v) is 10.3. The Morgan fingerprint density at radius 1 is 1.62 bits per heavy atom. The SMILES string of the molecule is CCC(C(N)=S)S(=O)(=O)Nc1cnccn1. The number of nitrogens with one attached hydrogen (secondary N) is 1. The van der Waals surface area contributed by atoms with Crippen LogP contribution < -0.4 is 10.5 Å². The molecule has 0 spiro atoms. The van der Waals surface area contributed by atoms with Gasteiger partial charge in [0.1, 0.15) is 5.25 Å². The third kappa shape index (κ3) is 3.11. The highest BCUT2D eigenvalue weighted by molar-refractivity contribution is 7.95. The summed E-state index contributed by atoms with van der Waals surface area (Å²) in [6.07, 6.45) is 4.46. The maximum atomic E-state index is 11.8. The molecule has 1 rings (SSSR count). The molecule has 1 aromatic heterocycles. The molecule has 88 valence electrons. The molecule has 0 aliphatic carbocycles. The second-order valence-electron chi connectivity index (χ2n) is 3.04. The van der Waals surface area contributed by atoms with E-state index in [0.29, 0.717) is 6.42 Å². The van der Waals surface area contributed by atoms with Gasteiger partial charge in [0.05, 0.1) is 11.2 Å². The summed E-state index contributed by atoms with van der Waals surface area (Å²) in [6, 6.07) is 0. The molecule has 3 N–H and O–H groups in total. The molecule has 1 heterocycles. The van der Waals surface area contributed by atoms with Gasteiger partial charge in [0, 0.05) is 12.4 Å². The lowest BCUT2D eigenvalue weighted by Crippen LogP contribution is -2.37. The summed E-state index contributed by atoms with van der Waals surface area (Å²) in [5.41, 5.74) is 5.36. The lowest BCUT2D eigenvalue weighted by molar-refractivity contribution is 0.594. The van der Waals surface area contributed by atoms with Crippen LogP contribution in [0.4, 0.5) is 5.82 Å². The Morgan fingerprint density at radius 2 is 2.31 bits per heavy atom. The predicted molar refractivity (Wildman–Crippen MR) is 65.4 cm³/mol. The summed E-state index contributed by atoms with van der Waals surface area (Å²) in [5, 5.41) is -0.899. The Labute approximate surface area is 99.3 Å². The molecule has 0 aromatic carbocycles. The van der Waals surface area contributed by atoms with Crippen molar-refractivity contribution in [2.75, 3.05) is 4.72 Å². The number of rotatable bonds is 5. The van der Waals surface area contributed by atoms with E-state index >= 15 is 0 Å². The molecule has 0 aliphatic heterocycles. The molecule has 8 heteroatoms. The fourth-order valence-corrected chi connectivity index (χ4v) is 2.97. The summed E-state index contributed by atoms with van der Waals surface area (Å²) in [7, 11) is -3.64. The van der Waals surface area contributed by atoms with Gasteiger partial charge in [-0.25, -0.2) is 13.4 Å². The minimum absolute atomic E-state index is 0.0566. The Hall–Kier alpha value is -1.28. The van der Waals surface area contributed by atoms with Crippen LogP contribution in [-0.2, 0) is 10.0 Å². The summed E-state index contributed by atoms with van der Waals surface area (Å²) >= 11 is 4.70. The van der Waals surface area contributed by atoms with Crippen LogP contribution in [0.25, 0.3) is 0 Å². The quantitative estimate of drug-likeness (QED) is 0.738. The lowest BCUT2D eigenvalue weighted by atomic mass is 10.3. The minimum atomic E-state index is -3.64. The fraction of sp³-hybridized carbons (Fsp3) is 0.375. The molecule has 6 nitrogen and oxygen atoms in total. The predicted octanol–water partition coefficient (Wildman–Crippen LogP) is 0.283. The monoisotopic (exact) mass is 260 g/mol. The van der Waals surface area contributed by atoms with Crippen LogP contribution in [0, 0.1) is 0 Å². The number of aromatic nitrogens is 2. The molecule has 0 fully saturated rings. The van der Waals surface area contributed by atoms with Crippen molar-refractivity contribution in [1.82, 2.24) is 9.97 Å². The van der Waals surface area contributed by atoms with Crippen molar-refractivity contribution in [2.45, 2.75) is 18.6 Å². The second kappa shape index (κ2) is 5.17. The number of hydrogen-bond acceptors (Lipinski definition) is 5. The zero-order valence-electron chi connectivity index (χ0n) is 8.62. The van der Waals surface area contributed by atoms with E-state index in [9.17, 15) is 8.42 Å². The van der Waals surface area contributed by atoms with Gasteiger partial charge < -0.3 is 5.73 Å². The maximum absolute atomic E-state index is 11.8. The lowest BCUT2D eigenvalue weighted by Gasteiger charge is -2.14. The summed E-state index contributed by atoms with van der Waals surface area (Å²) in [5.74, 6) is 0.150. The topological polar surface area (TPSA) is 98.0 Å². The number of nitrogens with zero attached hydrogens (tertiary/aromatic N) is 2. The van der Waals surface area contributed by atoms with Crippen LogP contribution in [-0.4, -0.2) is 28.6 Å². The van der Waals surface area contributed by atoms with Crippen molar-refractivity contribution in [3.05, 3.63) is 18.6 Å². The molecule has 0 aliphatic rings. The van der Waals surface area contributed by atoms with Gasteiger partial charge in [-0.3, -0.25) is 9.71 Å². The minimum Gasteiger partial charge on any atom is -0.392 e. The van der Waals surface area contributed by atoms with E-state index in [-0.39, 0.29) is 10.8 Å². The van der Waals surface area contributed by atoms with Crippen molar-refractivity contribution < 1.29 is 8.42 Å². The van der Waals surface area contributed by atoms with Crippen molar-refractivity contribution in [3.63, 3.8) is 0 Å². The largest absolute Gasteiger partial charge is 0.392 e. The van der Waals surface area contributed by atoms with E-state index in [0.717, 1.165) is 0 Å². The van der Waals surface area contributed by atoms with Crippen LogP contribution in [0.15, 0.2) is 18.6 Å². The van der Waals surface area contributed by atoms with Gasteiger partial charge in [-0.05, 0) is 6.42 Å². The van der Waals surface area contributed by atoms with Crippen molar-refractivity contribution in [1.29, 1.82) is 0 Å². The number of anilines is 1. The van der Waals surface area contributed by atoms with Crippen LogP contribution in [0.1, 0.15) is 13.3 Å². The standard InChI is InChI=1S/C8H12N4O2S2/c1-2-6(8(9)15)16(13,14)12-7-5-10-3-4-11-7/h3-6H,2H2,1H3,(H2,9,15)(H,11,12). The van der Waals surface area contributed by atoms with Gasteiger partial charge in [-0.1, -0.05) is 19.1 Å². The third-order valence-electron chi connectivity index (χ3n) is 1.87. The molecule has 0 amide bonds. The molecule has 0 saturated carbocycles. The van der Waals surface area contributed by atoms with Crippen molar-refractivity contribution >= 4 is 33.0 Å². The van der Waals surface area contributed by atoms with Crippen LogP contribution in [0.5, 0.6) is 0 Å². The number of sulfonamides is 1. The van der Waals surface area contributed by atoms with Gasteiger partial charge in [-0.2, -0.15) is 0 Å². The zero-order chi connectivity index (χ0) is 12.2. The number of thiocarbonyl (C=S) groups is 1. The van der Waals surface area contributed by atoms with Gasteiger partial charge in [-0.15, -0.1) is 0 Å². The van der Waals surface area contributed by atoms with Crippen LogP contribution in [0.3, 0.4) is 0 Å². The average Bonchev–Trinajstić information content (AvgIpc) is 2.18. The summed E-state index contributed by atoms with van der Waals surface area (Å²) in [4.78, 5) is 7.49. The fourth-order valence-electron chi connectivity index (χ4n) is 1.14. The Morgan fingerprint density at radius 3 is 2.75 bits per heavy atom. The first-order valence-electron chi connectivity index (χ1n) is 4.54. The van der Waals surface area contributed by atoms with Crippen LogP contribution in [0.2, 0.25) is 0 Å². The van der Waals surface area contributed by atoms with Crippen molar-refractivity contribution in [3.8, 4) is 0 Å². The van der Waals surface area contributed by atoms with E-state index in [1.54, 1.807) is 6.92 Å². The smallest absolute Gasteiger partial charge is 0.243 e. The normalized spacial score (nSPS) is 13.1. The molecule has 0 saturated heterocycles. The van der Waals surface area contributed by atoms with E-state index in [1.165, 1.54) is 18.6 Å². The average molecular weight is 260 g/mol. The highest BCUT2D eigenvalue weighted by Gasteiger charge is 2.26. The Balaban J connectivity index is 2.91. The highest BCUT2D eigenvalue weighted by atomic mass is 32.2. The van der Waals surface area contributed by atoms with Crippen molar-refractivity contribution in [2.24, 2.45) is 5.73 Å². The molecule has 16 heavy (non-hydrogen) atoms. The van der Waals surface area contributed by atoms with Crippen LogP contribution >= 0.6 is 12.2 Å². The first-order valence-corrected chi connectivity index (χ1v) is 6.49. The van der Waals surface area contributed by atoms with Gasteiger partial charge in [0.2, 0.25) is 10.0 Å². The van der Waals surface area contributed by atoms with E-state index in [4.69, 9.17) is 18.0 Å². The van der Waals surface area contributed by atoms with E-state index < -0.39 is 15.3 Å². The maximum Gasteiger partial charge on any atom is 0.243 e. The Kier molecular flexibility index (Phi) is 4.13. The first-order chi connectivity index (χ1) is 7.47. The Bertz CT molecular complexity index is 460. The molecule has 1 aromatic rings. The molecule has 1 atom stereocenters. The third-order valence-corrected chi connectivity index (χ3v) is 4.14. The van der Waals surface area contributed by atoms with E-state index in [2.05, 4.69) is 14.7 Å². The molecule has 1 unspecified atom stereocenters. The highest BCUT2D eigenvalue weighted by Crippen LogP contribution is 2.10. The first kappa shape index (κ1) is 12.8. The summed E-state index contributed by atoms with van der Waals surface area (Å²) in [6.45, 7) is 1.69. The van der Waals surface area contributed by atoms with Gasteiger partial charge >= 0.3 is 0 Å². The van der Waals surface area contributed by atoms with Gasteiger partial charge in [0.15, 0.2) is 5.82 Å². The molecule has 0 bridgehead atoms. The number of hydrogen-bond donors (Lipinski definition) is 2. The van der Waals surface area contributed by atoms with E-state index in [1.807, 2.05) is 0 Å². The summed E-state index contributed by atoms with van der Waals surface area (Å²) < 4.78 is 25.9. The number of nitrogens with two attached hydrogens (primary N) is 1.